The summed E-state index contributed by atoms with van der Waals surface area (Å²) >= 11 is 2.23. The average molecular weight is 577 g/mol. The number of fused-ring (bicyclic) bond motifs is 11. The number of para-hydroxylation sites is 1. The van der Waals surface area contributed by atoms with Crippen LogP contribution in [0.2, 0.25) is 0 Å². The molecule has 0 atom stereocenters. The molecule has 4 aromatic heterocycles. The average Bonchev–Trinajstić information content (AvgIpc) is 3.66. The predicted molar refractivity (Wildman–Crippen MR) is 172 cm³/mol. The van der Waals surface area contributed by atoms with Crippen molar-refractivity contribution in [3.8, 4) is 0 Å². The minimum atomic E-state index is 0.318. The number of thiophene rings is 1. The fraction of sp³-hybridized carbons (Fsp3) is 0. The van der Waals surface area contributed by atoms with Gasteiger partial charge in [-0.2, -0.15) is 0 Å². The third-order valence-electron chi connectivity index (χ3n) is 8.54. The Morgan fingerprint density at radius 2 is 1.03 bits per heavy atom. The third-order valence-corrected chi connectivity index (χ3v) is 12.0. The van der Waals surface area contributed by atoms with Crippen LogP contribution in [0.4, 0.5) is 0 Å². The molecule has 0 spiro atoms. The van der Waals surface area contributed by atoms with Gasteiger partial charge in [0.15, 0.2) is 0 Å². The van der Waals surface area contributed by atoms with Crippen LogP contribution < -0.4 is 0 Å². The number of hydrogen-bond acceptors (Lipinski definition) is 1. The first-order valence-electron chi connectivity index (χ1n) is 13.3. The molecule has 0 aliphatic heterocycles. The van der Waals surface area contributed by atoms with Crippen molar-refractivity contribution in [2.45, 2.75) is 0 Å². The summed E-state index contributed by atoms with van der Waals surface area (Å²) in [6, 6.07) is 43.5. The quantitative estimate of drug-likeness (QED) is 0.158. The van der Waals surface area contributed by atoms with E-state index in [1.165, 1.54) is 88.3 Å². The van der Waals surface area contributed by atoms with Gasteiger partial charge in [0.2, 0.25) is 0 Å². The van der Waals surface area contributed by atoms with Gasteiger partial charge >= 0.3 is 234 Å². The van der Waals surface area contributed by atoms with Gasteiger partial charge < -0.3 is 0 Å². The summed E-state index contributed by atoms with van der Waals surface area (Å²) in [6.45, 7) is 0. The minimum absolute atomic E-state index is 0.318. The van der Waals surface area contributed by atoms with Crippen molar-refractivity contribution in [2.75, 3.05) is 0 Å². The molecule has 0 saturated heterocycles. The molecule has 10 aromatic rings. The molecule has 0 aliphatic rings. The Kier molecular flexibility index (Phi) is 3.88. The number of nitrogens with zero attached hydrogens (tertiary/aromatic N) is 1. The monoisotopic (exact) mass is 577 g/mol. The van der Waals surface area contributed by atoms with E-state index in [4.69, 9.17) is 0 Å². The van der Waals surface area contributed by atoms with Gasteiger partial charge in [-0.25, -0.2) is 0 Å². The zero-order valence-corrected chi connectivity index (χ0v) is 23.3. The van der Waals surface area contributed by atoms with E-state index in [1.807, 2.05) is 11.3 Å². The molecule has 180 valence electrons. The predicted octanol–water partition coefficient (Wildman–Crippen LogP) is 10.3. The Labute approximate surface area is 232 Å². The summed E-state index contributed by atoms with van der Waals surface area (Å²) in [5.41, 5.74) is 3.95. The van der Waals surface area contributed by atoms with E-state index in [2.05, 4.69) is 120 Å². The summed E-state index contributed by atoms with van der Waals surface area (Å²) in [5, 5.41) is 13.5. The summed E-state index contributed by atoms with van der Waals surface area (Å²) in [7, 11) is 0. The van der Waals surface area contributed by atoms with Gasteiger partial charge in [-0.05, 0) is 0 Å². The van der Waals surface area contributed by atoms with E-state index in [-0.39, 0.29) is 0 Å². The Bertz CT molecular complexity index is 2670. The van der Waals surface area contributed by atoms with E-state index in [1.54, 1.807) is 0 Å². The maximum absolute atomic E-state index is 2.63. The van der Waals surface area contributed by atoms with Crippen LogP contribution in [0.1, 0.15) is 0 Å². The summed E-state index contributed by atoms with van der Waals surface area (Å²) < 4.78 is 8.30. The van der Waals surface area contributed by atoms with E-state index in [9.17, 15) is 0 Å². The first-order valence-corrected chi connectivity index (χ1v) is 15.8. The Hall–Kier alpha value is -4.14. The number of aromatic nitrogens is 1. The van der Waals surface area contributed by atoms with Gasteiger partial charge in [-0.1, -0.05) is 0 Å². The number of hydrogen-bond donors (Lipinski definition) is 0. The molecule has 3 heteroatoms. The molecule has 0 fully saturated rings. The van der Waals surface area contributed by atoms with Crippen molar-refractivity contribution in [3.63, 3.8) is 0 Å². The van der Waals surface area contributed by atoms with Crippen LogP contribution in [0, 0.1) is 0 Å². The number of benzene rings is 6. The second-order valence-electron chi connectivity index (χ2n) is 10.4. The van der Waals surface area contributed by atoms with Gasteiger partial charge in [0.25, 0.3) is 0 Å². The summed E-state index contributed by atoms with van der Waals surface area (Å²) in [5.74, 6) is 0. The topological polar surface area (TPSA) is 4.41 Å². The molecule has 0 saturated carbocycles. The molecule has 0 unspecified atom stereocenters. The second-order valence-corrected chi connectivity index (χ2v) is 13.8. The van der Waals surface area contributed by atoms with Gasteiger partial charge in [-0.15, -0.1) is 0 Å². The molecule has 0 amide bonds. The molecule has 4 heterocycles. The van der Waals surface area contributed by atoms with Crippen LogP contribution in [-0.4, -0.2) is 18.9 Å². The van der Waals surface area contributed by atoms with Crippen LogP contribution >= 0.6 is 11.3 Å². The summed E-state index contributed by atoms with van der Waals surface area (Å²) in [6.07, 6.45) is 0. The third kappa shape index (κ3) is 2.52. The van der Waals surface area contributed by atoms with Crippen LogP contribution in [0.5, 0.6) is 0 Å². The van der Waals surface area contributed by atoms with E-state index in [0.717, 1.165) is 0 Å². The first-order chi connectivity index (χ1) is 19.4. The number of rotatable bonds is 0. The standard InChI is InChI=1S/C36H19NSSe/c1-2-9-21-20(8-1)22-11-6-15-28-32(22)34-27(14-7-16-29(34)38-28)37-35-23(21)12-5-13-24(35)25-18-19-31-33(36(25)37)26-10-3-4-17-30(26)39-31/h1-19H. The fourth-order valence-electron chi connectivity index (χ4n) is 7.03. The summed E-state index contributed by atoms with van der Waals surface area (Å²) in [4.78, 5) is 0. The Morgan fingerprint density at radius 1 is 0.410 bits per heavy atom. The van der Waals surface area contributed by atoms with Gasteiger partial charge in [0.1, 0.15) is 0 Å². The van der Waals surface area contributed by atoms with E-state index in [0.29, 0.717) is 14.5 Å². The SMILES string of the molecule is c1ccc2c(c1)[se]c1ccc3c4cccc5c6ccccc6c6cccc7sc8cccc(c8c76)n(c54)c3c12. The van der Waals surface area contributed by atoms with Crippen molar-refractivity contribution in [2.24, 2.45) is 0 Å². The first kappa shape index (κ1) is 20.8. The van der Waals surface area contributed by atoms with Crippen LogP contribution in [-0.2, 0) is 0 Å². The fourth-order valence-corrected chi connectivity index (χ4v) is 10.5. The van der Waals surface area contributed by atoms with Crippen molar-refractivity contribution < 1.29 is 0 Å². The van der Waals surface area contributed by atoms with Crippen LogP contribution in [0.15, 0.2) is 115 Å². The molecular weight excluding hydrogens is 557 g/mol. The molecular formula is C36H19NSSe. The molecule has 1 nitrogen and oxygen atoms in total. The Balaban J connectivity index is 1.71. The van der Waals surface area contributed by atoms with Gasteiger partial charge in [0.05, 0.1) is 0 Å². The van der Waals surface area contributed by atoms with E-state index < -0.39 is 0 Å². The van der Waals surface area contributed by atoms with Crippen molar-refractivity contribution in [1.82, 2.24) is 4.40 Å². The molecule has 0 bridgehead atoms. The molecule has 6 aromatic carbocycles. The molecule has 0 aliphatic carbocycles. The zero-order chi connectivity index (χ0) is 25.2. The maximum atomic E-state index is 2.63. The van der Waals surface area contributed by atoms with Crippen molar-refractivity contribution in [3.05, 3.63) is 115 Å². The second kappa shape index (κ2) is 7.28. The molecule has 39 heavy (non-hydrogen) atoms. The Morgan fingerprint density at radius 3 is 1.90 bits per heavy atom. The molecule has 0 radical (unpaired) electrons. The van der Waals surface area contributed by atoms with Crippen molar-refractivity contribution in [1.29, 1.82) is 0 Å². The van der Waals surface area contributed by atoms with Crippen molar-refractivity contribution >= 4 is 114 Å². The molecule has 0 N–H and O–H groups in total. The van der Waals surface area contributed by atoms with Crippen LogP contribution in [0.25, 0.3) is 88.3 Å². The van der Waals surface area contributed by atoms with Gasteiger partial charge in [-0.3, -0.25) is 0 Å². The zero-order valence-electron chi connectivity index (χ0n) is 20.7. The van der Waals surface area contributed by atoms with E-state index >= 15 is 0 Å². The van der Waals surface area contributed by atoms with Crippen LogP contribution in [0.3, 0.4) is 0 Å². The van der Waals surface area contributed by atoms with Gasteiger partial charge in [0, 0.05) is 0 Å². The normalized spacial score (nSPS) is 12.6. The molecule has 10 rings (SSSR count).